The van der Waals surface area contributed by atoms with Crippen molar-refractivity contribution in [3.05, 3.63) is 58.9 Å². The van der Waals surface area contributed by atoms with Crippen molar-refractivity contribution in [1.82, 2.24) is 14.8 Å². The Kier molecular flexibility index (Phi) is 6.76. The van der Waals surface area contributed by atoms with Crippen molar-refractivity contribution in [3.8, 4) is 23.2 Å². The van der Waals surface area contributed by atoms with Crippen LogP contribution in [0.1, 0.15) is 18.4 Å². The number of benzene rings is 2. The molecule has 3 rings (SSSR count). The summed E-state index contributed by atoms with van der Waals surface area (Å²) in [5.41, 5.74) is 2.61. The number of aromatic amines is 1. The topological polar surface area (TPSA) is 95.7 Å². The molecule has 0 aliphatic carbocycles. The highest BCUT2D eigenvalue weighted by atomic mass is 32.1. The van der Waals surface area contributed by atoms with Gasteiger partial charge in [-0.2, -0.15) is 10.4 Å². The Bertz CT molecular complexity index is 1100. The third-order valence-electron chi connectivity index (χ3n) is 4.16. The van der Waals surface area contributed by atoms with E-state index in [1.165, 1.54) is 0 Å². The lowest BCUT2D eigenvalue weighted by Gasteiger charge is -2.10. The maximum atomic E-state index is 12.6. The Labute approximate surface area is 174 Å². The van der Waals surface area contributed by atoms with Crippen molar-refractivity contribution >= 4 is 23.8 Å². The van der Waals surface area contributed by atoms with E-state index in [9.17, 15) is 4.79 Å². The van der Waals surface area contributed by atoms with Crippen molar-refractivity contribution in [2.24, 2.45) is 0 Å². The van der Waals surface area contributed by atoms with Gasteiger partial charge in [-0.1, -0.05) is 29.8 Å². The summed E-state index contributed by atoms with van der Waals surface area (Å²) in [7, 11) is 0. The lowest BCUT2D eigenvalue weighted by atomic mass is 10.1. The van der Waals surface area contributed by atoms with Crippen molar-refractivity contribution < 1.29 is 9.53 Å². The number of nitrogens with zero attached hydrogens (tertiary/aromatic N) is 3. The first kappa shape index (κ1) is 20.3. The molecule has 0 fully saturated rings. The second-order valence-electron chi connectivity index (χ2n) is 6.49. The van der Waals surface area contributed by atoms with Gasteiger partial charge in [0.15, 0.2) is 10.6 Å². The summed E-state index contributed by atoms with van der Waals surface area (Å²) < 4.78 is 7.65. The van der Waals surface area contributed by atoms with E-state index >= 15 is 0 Å². The molecule has 1 aromatic heterocycles. The van der Waals surface area contributed by atoms with Crippen molar-refractivity contribution in [3.63, 3.8) is 0 Å². The molecule has 1 heterocycles. The van der Waals surface area contributed by atoms with E-state index in [2.05, 4.69) is 21.6 Å². The highest BCUT2D eigenvalue weighted by molar-refractivity contribution is 7.71. The van der Waals surface area contributed by atoms with E-state index in [1.807, 2.05) is 37.3 Å². The standard InChI is InChI=1S/C21H21N5O2S/c1-15-6-4-7-16(12-15)20-24-25-21(29)26(20)14-19(27)23-17-8-5-9-18(13-17)28-11-3-2-10-22/h4-9,12-13H,2-3,11,14H2,1H3,(H,23,27)(H,25,29). The molecule has 2 N–H and O–H groups in total. The summed E-state index contributed by atoms with van der Waals surface area (Å²) >= 11 is 5.30. The third kappa shape index (κ3) is 5.53. The van der Waals surface area contributed by atoms with E-state index < -0.39 is 0 Å². The molecule has 0 bridgehead atoms. The number of aryl methyl sites for hydroxylation is 1. The number of nitriles is 1. The number of hydrogen-bond donors (Lipinski definition) is 2. The smallest absolute Gasteiger partial charge is 0.244 e. The Balaban J connectivity index is 1.68. The number of nitrogens with one attached hydrogen (secondary N) is 2. The van der Waals surface area contributed by atoms with Crippen LogP contribution in [-0.4, -0.2) is 27.3 Å². The quantitative estimate of drug-likeness (QED) is 0.430. The zero-order valence-corrected chi connectivity index (χ0v) is 16.8. The van der Waals surface area contributed by atoms with Gasteiger partial charge in [0.25, 0.3) is 0 Å². The van der Waals surface area contributed by atoms with Gasteiger partial charge in [-0.05, 0) is 43.8 Å². The van der Waals surface area contributed by atoms with E-state index in [1.54, 1.807) is 22.8 Å². The maximum Gasteiger partial charge on any atom is 0.244 e. The molecule has 0 saturated carbocycles. The van der Waals surface area contributed by atoms with Crippen LogP contribution in [0.15, 0.2) is 48.5 Å². The van der Waals surface area contributed by atoms with E-state index in [4.69, 9.17) is 22.2 Å². The van der Waals surface area contributed by atoms with Crippen LogP contribution in [0.5, 0.6) is 5.75 Å². The van der Waals surface area contributed by atoms with Crippen LogP contribution < -0.4 is 10.1 Å². The largest absolute Gasteiger partial charge is 0.493 e. The zero-order chi connectivity index (χ0) is 20.6. The van der Waals surface area contributed by atoms with Crippen LogP contribution in [0.3, 0.4) is 0 Å². The molecule has 2 aromatic carbocycles. The zero-order valence-electron chi connectivity index (χ0n) is 16.0. The summed E-state index contributed by atoms with van der Waals surface area (Å²) in [6.07, 6.45) is 1.11. The number of unbranched alkanes of at least 4 members (excludes halogenated alkanes) is 1. The van der Waals surface area contributed by atoms with Crippen LogP contribution in [0.2, 0.25) is 0 Å². The second-order valence-corrected chi connectivity index (χ2v) is 6.88. The first-order valence-electron chi connectivity index (χ1n) is 9.19. The molecule has 8 heteroatoms. The fourth-order valence-electron chi connectivity index (χ4n) is 2.82. The van der Waals surface area contributed by atoms with Gasteiger partial charge in [0.1, 0.15) is 12.3 Å². The minimum atomic E-state index is -0.224. The molecule has 0 atom stereocenters. The molecule has 7 nitrogen and oxygen atoms in total. The number of ether oxygens (including phenoxy) is 1. The van der Waals surface area contributed by atoms with Gasteiger partial charge in [0.2, 0.25) is 5.91 Å². The van der Waals surface area contributed by atoms with Crippen LogP contribution in [0, 0.1) is 23.0 Å². The molecular formula is C21H21N5O2S. The van der Waals surface area contributed by atoms with Crippen LogP contribution in [0.4, 0.5) is 5.69 Å². The molecule has 0 unspecified atom stereocenters. The molecule has 0 aliphatic rings. The van der Waals surface area contributed by atoms with E-state index in [0.29, 0.717) is 41.5 Å². The summed E-state index contributed by atoms with van der Waals surface area (Å²) in [6, 6.07) is 17.1. The number of amides is 1. The Morgan fingerprint density at radius 2 is 2.14 bits per heavy atom. The van der Waals surface area contributed by atoms with Crippen molar-refractivity contribution in [2.75, 3.05) is 11.9 Å². The molecule has 0 saturated heterocycles. The van der Waals surface area contributed by atoms with Gasteiger partial charge in [-0.15, -0.1) is 0 Å². The fourth-order valence-corrected chi connectivity index (χ4v) is 3.01. The van der Waals surface area contributed by atoms with Crippen LogP contribution >= 0.6 is 12.2 Å². The summed E-state index contributed by atoms with van der Waals surface area (Å²) in [5, 5.41) is 18.5. The third-order valence-corrected chi connectivity index (χ3v) is 4.47. The first-order chi connectivity index (χ1) is 14.1. The maximum absolute atomic E-state index is 12.6. The van der Waals surface area contributed by atoms with Gasteiger partial charge in [0.05, 0.1) is 12.7 Å². The van der Waals surface area contributed by atoms with Crippen molar-refractivity contribution in [1.29, 1.82) is 5.26 Å². The van der Waals surface area contributed by atoms with E-state index in [-0.39, 0.29) is 12.5 Å². The Hall–Kier alpha value is -3.44. The second kappa shape index (κ2) is 9.66. The van der Waals surface area contributed by atoms with Crippen LogP contribution in [0.25, 0.3) is 11.4 Å². The summed E-state index contributed by atoms with van der Waals surface area (Å²) in [4.78, 5) is 12.6. The summed E-state index contributed by atoms with van der Waals surface area (Å²) in [5.74, 6) is 1.03. The Morgan fingerprint density at radius 1 is 1.31 bits per heavy atom. The minimum absolute atomic E-state index is 0.0336. The lowest BCUT2D eigenvalue weighted by Crippen LogP contribution is -2.19. The number of aromatic nitrogens is 3. The fraction of sp³-hybridized carbons (Fsp3) is 0.238. The van der Waals surface area contributed by atoms with E-state index in [0.717, 1.165) is 11.1 Å². The summed E-state index contributed by atoms with van der Waals surface area (Å²) in [6.45, 7) is 2.48. The highest BCUT2D eigenvalue weighted by Gasteiger charge is 2.13. The lowest BCUT2D eigenvalue weighted by molar-refractivity contribution is -0.116. The molecule has 0 spiro atoms. The number of carbonyl (C=O) groups excluding carboxylic acids is 1. The van der Waals surface area contributed by atoms with Gasteiger partial charge in [-0.25, -0.2) is 0 Å². The number of carbonyl (C=O) groups is 1. The predicted octanol–water partition coefficient (Wildman–Crippen LogP) is 4.24. The highest BCUT2D eigenvalue weighted by Crippen LogP contribution is 2.20. The SMILES string of the molecule is Cc1cccc(-c2n[nH]c(=S)n2CC(=O)Nc2cccc(OCCCC#N)c2)c1. The number of rotatable bonds is 8. The number of H-pyrrole nitrogens is 1. The van der Waals surface area contributed by atoms with Gasteiger partial charge >= 0.3 is 0 Å². The average molecular weight is 407 g/mol. The normalized spacial score (nSPS) is 10.3. The average Bonchev–Trinajstić information content (AvgIpc) is 3.06. The van der Waals surface area contributed by atoms with Gasteiger partial charge in [0, 0.05) is 23.7 Å². The molecule has 1 amide bonds. The molecular weight excluding hydrogens is 386 g/mol. The minimum Gasteiger partial charge on any atom is -0.493 e. The van der Waals surface area contributed by atoms with Crippen molar-refractivity contribution in [2.45, 2.75) is 26.3 Å². The Morgan fingerprint density at radius 3 is 2.93 bits per heavy atom. The number of anilines is 1. The molecule has 0 radical (unpaired) electrons. The molecule has 0 aliphatic heterocycles. The molecule has 148 valence electrons. The monoisotopic (exact) mass is 407 g/mol. The van der Waals surface area contributed by atoms with Gasteiger partial charge < -0.3 is 10.1 Å². The molecule has 3 aromatic rings. The van der Waals surface area contributed by atoms with Gasteiger partial charge in [-0.3, -0.25) is 14.5 Å². The first-order valence-corrected chi connectivity index (χ1v) is 9.59. The predicted molar refractivity (Wildman–Crippen MR) is 113 cm³/mol. The number of hydrogen-bond acceptors (Lipinski definition) is 5. The molecule has 29 heavy (non-hydrogen) atoms. The van der Waals surface area contributed by atoms with Crippen LogP contribution in [-0.2, 0) is 11.3 Å².